The smallest absolute Gasteiger partial charge is 0.165 e. The molecule has 0 saturated heterocycles. The fourth-order valence-electron chi connectivity index (χ4n) is 2.02. The highest BCUT2D eigenvalue weighted by molar-refractivity contribution is 6.22. The average molecular weight is 309 g/mol. The average Bonchev–Trinajstić information content (AvgIpc) is 2.46. The van der Waals surface area contributed by atoms with Crippen LogP contribution < -0.4 is 9.47 Å². The van der Waals surface area contributed by atoms with Gasteiger partial charge in [0.15, 0.2) is 11.6 Å². The van der Waals surface area contributed by atoms with E-state index in [9.17, 15) is 4.39 Å². The van der Waals surface area contributed by atoms with Gasteiger partial charge in [0.1, 0.15) is 5.75 Å². The summed E-state index contributed by atoms with van der Waals surface area (Å²) in [5.41, 5.74) is 1.57. The number of hydrogen-bond donors (Lipinski definition) is 0. The van der Waals surface area contributed by atoms with Crippen molar-refractivity contribution in [1.82, 2.24) is 0 Å². The van der Waals surface area contributed by atoms with E-state index in [1.807, 2.05) is 38.1 Å². The zero-order valence-corrected chi connectivity index (χ0v) is 13.0. The normalized spacial score (nSPS) is 12.3. The van der Waals surface area contributed by atoms with Gasteiger partial charge < -0.3 is 9.47 Å². The summed E-state index contributed by atoms with van der Waals surface area (Å²) in [5.74, 6) is 0.585. The first-order chi connectivity index (χ1) is 10.0. The Hall–Kier alpha value is -1.74. The van der Waals surface area contributed by atoms with E-state index in [0.29, 0.717) is 5.56 Å². The van der Waals surface area contributed by atoms with Crippen LogP contribution >= 0.6 is 11.6 Å². The van der Waals surface area contributed by atoms with Crippen LogP contribution in [-0.2, 0) is 0 Å². The predicted octanol–water partition coefficient (Wildman–Crippen LogP) is 4.95. The summed E-state index contributed by atoms with van der Waals surface area (Å²) in [7, 11) is 1.43. The predicted molar refractivity (Wildman–Crippen MR) is 82.9 cm³/mol. The molecular weight excluding hydrogens is 291 g/mol. The molecule has 2 aromatic carbocycles. The van der Waals surface area contributed by atoms with Crippen LogP contribution in [0, 0.1) is 5.82 Å². The van der Waals surface area contributed by atoms with Crippen molar-refractivity contribution >= 4 is 11.6 Å². The number of rotatable bonds is 5. The molecule has 0 N–H and O–H groups in total. The summed E-state index contributed by atoms with van der Waals surface area (Å²) in [6.07, 6.45) is 0.123. The van der Waals surface area contributed by atoms with Crippen molar-refractivity contribution in [1.29, 1.82) is 0 Å². The fraction of sp³-hybridized carbons (Fsp3) is 0.294. The van der Waals surface area contributed by atoms with Crippen molar-refractivity contribution in [2.45, 2.75) is 25.3 Å². The van der Waals surface area contributed by atoms with E-state index in [0.717, 1.165) is 11.3 Å². The molecule has 0 fully saturated rings. The Morgan fingerprint density at radius 2 is 1.62 bits per heavy atom. The van der Waals surface area contributed by atoms with Crippen LogP contribution in [0.3, 0.4) is 0 Å². The maximum absolute atomic E-state index is 13.7. The van der Waals surface area contributed by atoms with Gasteiger partial charge in [-0.05, 0) is 49.2 Å². The lowest BCUT2D eigenvalue weighted by Crippen LogP contribution is -2.05. The van der Waals surface area contributed by atoms with Gasteiger partial charge in [0.25, 0.3) is 0 Å². The molecule has 0 aliphatic rings. The fourth-order valence-corrected chi connectivity index (χ4v) is 2.30. The minimum absolute atomic E-state index is 0.123. The lowest BCUT2D eigenvalue weighted by molar-refractivity contribution is 0.242. The minimum atomic E-state index is -0.418. The first kappa shape index (κ1) is 15.6. The maximum atomic E-state index is 13.7. The van der Waals surface area contributed by atoms with Crippen LogP contribution in [0.1, 0.15) is 30.4 Å². The highest BCUT2D eigenvalue weighted by Crippen LogP contribution is 2.32. The third kappa shape index (κ3) is 3.88. The van der Waals surface area contributed by atoms with Crippen LogP contribution in [0.25, 0.3) is 0 Å². The van der Waals surface area contributed by atoms with E-state index in [4.69, 9.17) is 21.1 Å². The van der Waals surface area contributed by atoms with E-state index in [1.165, 1.54) is 13.2 Å². The SMILES string of the molecule is COc1ccc(C(Cl)c2ccc(OC(C)C)cc2)cc1F. The van der Waals surface area contributed by atoms with Crippen LogP contribution in [0.2, 0.25) is 0 Å². The van der Waals surface area contributed by atoms with E-state index in [-0.39, 0.29) is 11.9 Å². The molecule has 0 saturated carbocycles. The molecule has 0 amide bonds. The van der Waals surface area contributed by atoms with Crippen molar-refractivity contribution < 1.29 is 13.9 Å². The monoisotopic (exact) mass is 308 g/mol. The number of hydrogen-bond acceptors (Lipinski definition) is 2. The van der Waals surface area contributed by atoms with Crippen molar-refractivity contribution in [3.8, 4) is 11.5 Å². The molecule has 1 unspecified atom stereocenters. The Morgan fingerprint density at radius 3 is 2.14 bits per heavy atom. The number of benzene rings is 2. The molecule has 2 nitrogen and oxygen atoms in total. The van der Waals surface area contributed by atoms with Crippen molar-refractivity contribution in [3.05, 3.63) is 59.4 Å². The standard InChI is InChI=1S/C17H18ClFO2/c1-11(2)21-14-7-4-12(5-8-14)17(18)13-6-9-16(20-3)15(19)10-13/h4-11,17H,1-3H3. The van der Waals surface area contributed by atoms with Gasteiger partial charge in [-0.2, -0.15) is 0 Å². The summed E-state index contributed by atoms with van der Waals surface area (Å²) in [6.45, 7) is 3.94. The maximum Gasteiger partial charge on any atom is 0.165 e. The summed E-state index contributed by atoms with van der Waals surface area (Å²) >= 11 is 6.41. The molecule has 112 valence electrons. The van der Waals surface area contributed by atoms with Gasteiger partial charge in [0.2, 0.25) is 0 Å². The Bertz CT molecular complexity index is 596. The molecule has 0 bridgehead atoms. The van der Waals surface area contributed by atoms with Crippen LogP contribution in [0.5, 0.6) is 11.5 Å². The Kier molecular flexibility index (Phi) is 5.07. The zero-order valence-electron chi connectivity index (χ0n) is 12.3. The first-order valence-electron chi connectivity index (χ1n) is 6.75. The highest BCUT2D eigenvalue weighted by Gasteiger charge is 2.13. The summed E-state index contributed by atoms with van der Waals surface area (Å²) in [5, 5.41) is -0.418. The summed E-state index contributed by atoms with van der Waals surface area (Å²) < 4.78 is 24.2. The zero-order chi connectivity index (χ0) is 15.4. The molecular formula is C17H18ClFO2. The van der Waals surface area contributed by atoms with Gasteiger partial charge >= 0.3 is 0 Å². The molecule has 2 aromatic rings. The quantitative estimate of drug-likeness (QED) is 0.728. The lowest BCUT2D eigenvalue weighted by atomic mass is 10.0. The lowest BCUT2D eigenvalue weighted by Gasteiger charge is -2.14. The van der Waals surface area contributed by atoms with Crippen molar-refractivity contribution in [2.24, 2.45) is 0 Å². The van der Waals surface area contributed by atoms with Gasteiger partial charge in [0, 0.05) is 0 Å². The van der Waals surface area contributed by atoms with Crippen LogP contribution in [0.15, 0.2) is 42.5 Å². The second-order valence-corrected chi connectivity index (χ2v) is 5.43. The van der Waals surface area contributed by atoms with Crippen molar-refractivity contribution in [3.63, 3.8) is 0 Å². The van der Waals surface area contributed by atoms with Gasteiger partial charge in [-0.1, -0.05) is 18.2 Å². The summed E-state index contributed by atoms with van der Waals surface area (Å²) in [4.78, 5) is 0. The molecule has 21 heavy (non-hydrogen) atoms. The van der Waals surface area contributed by atoms with Gasteiger partial charge in [-0.25, -0.2) is 4.39 Å². The Morgan fingerprint density at radius 1 is 1.00 bits per heavy atom. The molecule has 0 aliphatic carbocycles. The largest absolute Gasteiger partial charge is 0.494 e. The molecule has 0 radical (unpaired) electrons. The Labute approximate surface area is 129 Å². The first-order valence-corrected chi connectivity index (χ1v) is 7.19. The topological polar surface area (TPSA) is 18.5 Å². The van der Waals surface area contributed by atoms with Crippen molar-refractivity contribution in [2.75, 3.05) is 7.11 Å². The highest BCUT2D eigenvalue weighted by atomic mass is 35.5. The second kappa shape index (κ2) is 6.81. The van der Waals surface area contributed by atoms with Crippen LogP contribution in [0.4, 0.5) is 4.39 Å². The molecule has 2 rings (SSSR count). The van der Waals surface area contributed by atoms with Gasteiger partial charge in [-0.3, -0.25) is 0 Å². The molecule has 0 heterocycles. The molecule has 0 aliphatic heterocycles. The number of alkyl halides is 1. The molecule has 1 atom stereocenters. The van der Waals surface area contributed by atoms with E-state index in [1.54, 1.807) is 12.1 Å². The second-order valence-electron chi connectivity index (χ2n) is 4.99. The van der Waals surface area contributed by atoms with E-state index >= 15 is 0 Å². The molecule has 0 spiro atoms. The Balaban J connectivity index is 2.19. The number of methoxy groups -OCH3 is 1. The molecule has 0 aromatic heterocycles. The minimum Gasteiger partial charge on any atom is -0.494 e. The molecule has 4 heteroatoms. The van der Waals surface area contributed by atoms with E-state index < -0.39 is 11.2 Å². The van der Waals surface area contributed by atoms with Gasteiger partial charge in [-0.15, -0.1) is 11.6 Å². The third-order valence-corrected chi connectivity index (χ3v) is 3.52. The van der Waals surface area contributed by atoms with Gasteiger partial charge in [0.05, 0.1) is 18.6 Å². The number of halogens is 2. The third-order valence-electron chi connectivity index (χ3n) is 3.01. The number of ether oxygens (including phenoxy) is 2. The summed E-state index contributed by atoms with van der Waals surface area (Å²) in [6, 6.07) is 12.2. The van der Waals surface area contributed by atoms with E-state index in [2.05, 4.69) is 0 Å². The van der Waals surface area contributed by atoms with Crippen LogP contribution in [-0.4, -0.2) is 13.2 Å².